The second-order valence-electron chi connectivity index (χ2n) is 3.21. The molecular formula is C10H4ClF4NO. The van der Waals surface area contributed by atoms with Gasteiger partial charge in [0, 0.05) is 11.6 Å². The molecular weight excluding hydrogens is 262 g/mol. The van der Waals surface area contributed by atoms with Crippen LogP contribution in [0, 0.1) is 5.82 Å². The van der Waals surface area contributed by atoms with Crippen LogP contribution in [0.3, 0.4) is 0 Å². The van der Waals surface area contributed by atoms with Crippen molar-refractivity contribution in [3.05, 3.63) is 40.9 Å². The highest BCUT2D eigenvalue weighted by Gasteiger charge is 2.34. The fourth-order valence-electron chi connectivity index (χ4n) is 1.29. The molecule has 0 unspecified atom stereocenters. The van der Waals surface area contributed by atoms with Crippen LogP contribution in [0.25, 0.3) is 11.3 Å². The summed E-state index contributed by atoms with van der Waals surface area (Å²) in [5.74, 6) is -1.34. The molecule has 0 bridgehead atoms. The minimum atomic E-state index is -4.76. The molecule has 1 aromatic heterocycles. The van der Waals surface area contributed by atoms with Gasteiger partial charge < -0.3 is 4.52 Å². The van der Waals surface area contributed by atoms with Crippen LogP contribution < -0.4 is 0 Å². The zero-order valence-electron chi connectivity index (χ0n) is 8.05. The van der Waals surface area contributed by atoms with Crippen LogP contribution in [0.15, 0.2) is 28.8 Å². The number of benzene rings is 1. The fraction of sp³-hybridized carbons (Fsp3) is 0.100. The molecule has 2 aromatic rings. The highest BCUT2D eigenvalue weighted by Crippen LogP contribution is 2.34. The molecule has 0 aliphatic carbocycles. The maximum atomic E-state index is 13.0. The maximum absolute atomic E-state index is 13.0. The van der Waals surface area contributed by atoms with Crippen molar-refractivity contribution in [2.24, 2.45) is 0 Å². The molecule has 0 radical (unpaired) electrons. The van der Waals surface area contributed by atoms with Crippen LogP contribution in [-0.4, -0.2) is 5.16 Å². The number of rotatable bonds is 1. The van der Waals surface area contributed by atoms with E-state index in [9.17, 15) is 17.6 Å². The molecule has 2 nitrogen and oxygen atoms in total. The molecule has 17 heavy (non-hydrogen) atoms. The van der Waals surface area contributed by atoms with Crippen LogP contribution in [0.1, 0.15) is 5.56 Å². The molecule has 0 aliphatic rings. The van der Waals surface area contributed by atoms with Gasteiger partial charge in [-0.2, -0.15) is 13.2 Å². The first-order chi connectivity index (χ1) is 7.88. The average molecular weight is 266 g/mol. The van der Waals surface area contributed by atoms with Crippen LogP contribution in [0.5, 0.6) is 0 Å². The van der Waals surface area contributed by atoms with Crippen LogP contribution in [0.4, 0.5) is 17.6 Å². The third kappa shape index (κ3) is 2.41. The summed E-state index contributed by atoms with van der Waals surface area (Å²) in [5, 5.41) is 3.38. The highest BCUT2D eigenvalue weighted by molar-refractivity contribution is 6.29. The first kappa shape index (κ1) is 11.9. The number of aromatic nitrogens is 1. The van der Waals surface area contributed by atoms with Gasteiger partial charge in [-0.3, -0.25) is 0 Å². The van der Waals surface area contributed by atoms with Gasteiger partial charge in [0.05, 0.1) is 5.56 Å². The SMILES string of the molecule is Fc1ccc(-c2cc(Cl)on2)cc1C(F)(F)F. The van der Waals surface area contributed by atoms with Crippen molar-refractivity contribution in [2.75, 3.05) is 0 Å². The largest absolute Gasteiger partial charge is 0.419 e. The molecule has 1 aromatic carbocycles. The zero-order valence-corrected chi connectivity index (χ0v) is 8.81. The lowest BCUT2D eigenvalue weighted by molar-refractivity contribution is -0.139. The van der Waals surface area contributed by atoms with E-state index in [1.807, 2.05) is 0 Å². The summed E-state index contributed by atoms with van der Waals surface area (Å²) in [7, 11) is 0. The molecule has 0 spiro atoms. The molecule has 0 N–H and O–H groups in total. The Morgan fingerprint density at radius 3 is 2.41 bits per heavy atom. The lowest BCUT2D eigenvalue weighted by atomic mass is 10.1. The Bertz CT molecular complexity index is 549. The molecule has 90 valence electrons. The van der Waals surface area contributed by atoms with E-state index in [-0.39, 0.29) is 16.5 Å². The summed E-state index contributed by atoms with van der Waals surface area (Å²) < 4.78 is 54.8. The summed E-state index contributed by atoms with van der Waals surface area (Å²) in [4.78, 5) is 0. The molecule has 0 aliphatic heterocycles. The van der Waals surface area contributed by atoms with Crippen molar-refractivity contribution in [3.63, 3.8) is 0 Å². The Balaban J connectivity index is 2.51. The summed E-state index contributed by atoms with van der Waals surface area (Å²) in [6, 6.07) is 3.79. The Morgan fingerprint density at radius 1 is 1.18 bits per heavy atom. The van der Waals surface area contributed by atoms with Gasteiger partial charge in [0.25, 0.3) is 0 Å². The number of hydrogen-bond acceptors (Lipinski definition) is 2. The molecule has 1 heterocycles. The second kappa shape index (κ2) is 4.03. The average Bonchev–Trinajstić information content (AvgIpc) is 2.64. The monoisotopic (exact) mass is 265 g/mol. The van der Waals surface area contributed by atoms with E-state index in [2.05, 4.69) is 9.68 Å². The van der Waals surface area contributed by atoms with Crippen molar-refractivity contribution in [3.8, 4) is 11.3 Å². The molecule has 0 amide bonds. The van der Waals surface area contributed by atoms with E-state index in [4.69, 9.17) is 11.6 Å². The Labute approximate surface area is 97.8 Å². The predicted octanol–water partition coefficient (Wildman–Crippen LogP) is 4.15. The summed E-state index contributed by atoms with van der Waals surface area (Å²) in [6.07, 6.45) is -4.76. The lowest BCUT2D eigenvalue weighted by Crippen LogP contribution is -2.08. The Kier molecular flexibility index (Phi) is 2.82. The quantitative estimate of drug-likeness (QED) is 0.724. The van der Waals surface area contributed by atoms with Gasteiger partial charge in [-0.05, 0) is 29.8 Å². The lowest BCUT2D eigenvalue weighted by Gasteiger charge is -2.08. The molecule has 0 fully saturated rings. The van der Waals surface area contributed by atoms with Crippen LogP contribution in [0.2, 0.25) is 5.22 Å². The third-order valence-electron chi connectivity index (χ3n) is 2.05. The summed E-state index contributed by atoms with van der Waals surface area (Å²) >= 11 is 5.45. The van der Waals surface area contributed by atoms with Crippen LogP contribution in [-0.2, 0) is 6.18 Å². The minimum Gasteiger partial charge on any atom is -0.344 e. The number of halogens is 5. The van der Waals surface area contributed by atoms with E-state index in [0.717, 1.165) is 6.07 Å². The van der Waals surface area contributed by atoms with Gasteiger partial charge >= 0.3 is 6.18 Å². The third-order valence-corrected chi connectivity index (χ3v) is 2.23. The zero-order chi connectivity index (χ0) is 12.6. The number of nitrogens with zero attached hydrogens (tertiary/aromatic N) is 1. The van der Waals surface area contributed by atoms with Gasteiger partial charge in [0.1, 0.15) is 11.5 Å². The number of hydrogen-bond donors (Lipinski definition) is 0. The first-order valence-corrected chi connectivity index (χ1v) is 4.75. The summed E-state index contributed by atoms with van der Waals surface area (Å²) in [5.41, 5.74) is -1.16. The van der Waals surface area contributed by atoms with Gasteiger partial charge in [-0.15, -0.1) is 0 Å². The van der Waals surface area contributed by atoms with E-state index in [1.54, 1.807) is 0 Å². The number of alkyl halides is 3. The van der Waals surface area contributed by atoms with Gasteiger partial charge in [-0.1, -0.05) is 5.16 Å². The molecule has 7 heteroatoms. The predicted molar refractivity (Wildman–Crippen MR) is 51.9 cm³/mol. The van der Waals surface area contributed by atoms with Gasteiger partial charge in [-0.25, -0.2) is 4.39 Å². The van der Waals surface area contributed by atoms with Crippen LogP contribution >= 0.6 is 11.6 Å². The van der Waals surface area contributed by atoms with Gasteiger partial charge in [0.2, 0.25) is 5.22 Å². The molecule has 2 rings (SSSR count). The van der Waals surface area contributed by atoms with E-state index < -0.39 is 17.6 Å². The summed E-state index contributed by atoms with van der Waals surface area (Å²) in [6.45, 7) is 0. The van der Waals surface area contributed by atoms with Crippen molar-refractivity contribution in [1.82, 2.24) is 5.16 Å². The van der Waals surface area contributed by atoms with Crippen molar-refractivity contribution in [1.29, 1.82) is 0 Å². The molecule has 0 saturated heterocycles. The topological polar surface area (TPSA) is 26.0 Å². The minimum absolute atomic E-state index is 0.0575. The van der Waals surface area contributed by atoms with Crippen molar-refractivity contribution >= 4 is 11.6 Å². The second-order valence-corrected chi connectivity index (χ2v) is 3.58. The first-order valence-electron chi connectivity index (χ1n) is 4.37. The normalized spacial score (nSPS) is 11.8. The van der Waals surface area contributed by atoms with E-state index in [1.165, 1.54) is 12.1 Å². The Morgan fingerprint density at radius 2 is 1.88 bits per heavy atom. The van der Waals surface area contributed by atoms with E-state index >= 15 is 0 Å². The smallest absolute Gasteiger partial charge is 0.344 e. The van der Waals surface area contributed by atoms with Crippen molar-refractivity contribution < 1.29 is 22.1 Å². The maximum Gasteiger partial charge on any atom is 0.419 e. The molecule has 0 atom stereocenters. The Hall–Kier alpha value is -1.56. The fourth-order valence-corrected chi connectivity index (χ4v) is 1.43. The standard InChI is InChI=1S/C10H4ClF4NO/c11-9-4-8(16-17-9)5-1-2-7(12)6(3-5)10(13,14)15/h1-4H. The van der Waals surface area contributed by atoms with Gasteiger partial charge in [0.15, 0.2) is 0 Å². The molecule has 0 saturated carbocycles. The van der Waals surface area contributed by atoms with Crippen molar-refractivity contribution in [2.45, 2.75) is 6.18 Å². The highest BCUT2D eigenvalue weighted by atomic mass is 35.5. The van der Waals surface area contributed by atoms with E-state index in [0.29, 0.717) is 6.07 Å².